The van der Waals surface area contributed by atoms with Crippen molar-refractivity contribution in [2.75, 3.05) is 6.54 Å². The van der Waals surface area contributed by atoms with Gasteiger partial charge in [-0.05, 0) is 31.5 Å². The molecule has 0 radical (unpaired) electrons. The fourth-order valence-electron chi connectivity index (χ4n) is 2.62. The number of nitrogens with one attached hydrogen (secondary N) is 2. The Balaban J connectivity index is 1.73. The molecule has 112 valence electrons. The van der Waals surface area contributed by atoms with Gasteiger partial charge in [0, 0.05) is 18.0 Å². The van der Waals surface area contributed by atoms with Crippen LogP contribution >= 0.6 is 0 Å². The van der Waals surface area contributed by atoms with E-state index in [2.05, 4.69) is 20.0 Å². The molecule has 0 bridgehead atoms. The topological polar surface area (TPSA) is 49.9 Å². The van der Waals surface area contributed by atoms with Crippen LogP contribution in [-0.4, -0.2) is 29.2 Å². The van der Waals surface area contributed by atoms with Crippen LogP contribution < -0.4 is 10.1 Å². The summed E-state index contributed by atoms with van der Waals surface area (Å²) < 4.78 is 28.9. The average Bonchev–Trinajstić information content (AvgIpc) is 3.10. The SMILES string of the molecule is FC(F)Oc1cccc(-c2cnc(CC3CCCN3)[nH]2)c1. The van der Waals surface area contributed by atoms with Crippen molar-refractivity contribution < 1.29 is 13.5 Å². The van der Waals surface area contributed by atoms with Gasteiger partial charge in [0.2, 0.25) is 0 Å². The minimum absolute atomic E-state index is 0.149. The van der Waals surface area contributed by atoms with Gasteiger partial charge in [-0.2, -0.15) is 8.78 Å². The third kappa shape index (κ3) is 3.58. The minimum Gasteiger partial charge on any atom is -0.435 e. The van der Waals surface area contributed by atoms with Crippen LogP contribution in [0.15, 0.2) is 30.5 Å². The first-order valence-corrected chi connectivity index (χ1v) is 7.03. The lowest BCUT2D eigenvalue weighted by Gasteiger charge is -2.07. The molecule has 21 heavy (non-hydrogen) atoms. The van der Waals surface area contributed by atoms with E-state index < -0.39 is 6.61 Å². The van der Waals surface area contributed by atoms with Crippen LogP contribution in [0.2, 0.25) is 0 Å². The maximum Gasteiger partial charge on any atom is 0.387 e. The number of rotatable bonds is 5. The molecule has 2 aromatic rings. The maximum atomic E-state index is 12.2. The van der Waals surface area contributed by atoms with E-state index in [-0.39, 0.29) is 5.75 Å². The molecule has 1 aliphatic rings. The highest BCUT2D eigenvalue weighted by Crippen LogP contribution is 2.24. The van der Waals surface area contributed by atoms with Crippen molar-refractivity contribution in [1.82, 2.24) is 15.3 Å². The minimum atomic E-state index is -2.81. The predicted octanol–water partition coefficient (Wildman–Crippen LogP) is 2.97. The second kappa shape index (κ2) is 6.22. The average molecular weight is 293 g/mol. The molecule has 1 aromatic carbocycles. The van der Waals surface area contributed by atoms with Crippen LogP contribution in [0.5, 0.6) is 5.75 Å². The molecular weight excluding hydrogens is 276 g/mol. The van der Waals surface area contributed by atoms with E-state index in [0.717, 1.165) is 36.5 Å². The van der Waals surface area contributed by atoms with Crippen LogP contribution in [0.1, 0.15) is 18.7 Å². The summed E-state index contributed by atoms with van der Waals surface area (Å²) in [7, 11) is 0. The molecule has 1 fully saturated rings. The number of hydrogen-bond acceptors (Lipinski definition) is 3. The number of benzene rings is 1. The van der Waals surface area contributed by atoms with Crippen LogP contribution in [0.3, 0.4) is 0 Å². The summed E-state index contributed by atoms with van der Waals surface area (Å²) >= 11 is 0. The van der Waals surface area contributed by atoms with E-state index in [0.29, 0.717) is 6.04 Å². The number of halogens is 2. The molecule has 1 unspecified atom stereocenters. The molecule has 2 heterocycles. The maximum absolute atomic E-state index is 12.2. The normalized spacial score (nSPS) is 18.3. The molecule has 1 saturated heterocycles. The third-order valence-electron chi connectivity index (χ3n) is 3.60. The van der Waals surface area contributed by atoms with Crippen LogP contribution in [0.4, 0.5) is 8.78 Å². The zero-order chi connectivity index (χ0) is 14.7. The second-order valence-electron chi connectivity index (χ2n) is 5.15. The van der Waals surface area contributed by atoms with Gasteiger partial charge in [0.15, 0.2) is 0 Å². The second-order valence-corrected chi connectivity index (χ2v) is 5.15. The Labute approximate surface area is 121 Å². The number of ether oxygens (including phenoxy) is 1. The number of alkyl halides is 2. The Morgan fingerprint density at radius 1 is 1.38 bits per heavy atom. The van der Waals surface area contributed by atoms with Gasteiger partial charge < -0.3 is 15.0 Å². The molecule has 4 nitrogen and oxygen atoms in total. The molecule has 1 atom stereocenters. The van der Waals surface area contributed by atoms with Gasteiger partial charge in [-0.15, -0.1) is 0 Å². The van der Waals surface area contributed by atoms with E-state index in [9.17, 15) is 8.78 Å². The van der Waals surface area contributed by atoms with Crippen molar-refractivity contribution in [3.63, 3.8) is 0 Å². The molecule has 0 amide bonds. The lowest BCUT2D eigenvalue weighted by Crippen LogP contribution is -2.24. The molecule has 3 rings (SSSR count). The van der Waals surface area contributed by atoms with Crippen molar-refractivity contribution in [2.45, 2.75) is 31.9 Å². The standard InChI is InChI=1S/C15H17F2N3O/c16-15(17)21-12-5-1-3-10(7-12)13-9-19-14(20-13)8-11-4-2-6-18-11/h1,3,5,7,9,11,15,18H,2,4,6,8H2,(H,19,20). The first-order chi connectivity index (χ1) is 10.2. The van der Waals surface area contributed by atoms with E-state index >= 15 is 0 Å². The van der Waals surface area contributed by atoms with Gasteiger partial charge in [0.05, 0.1) is 11.9 Å². The number of hydrogen-bond donors (Lipinski definition) is 2. The zero-order valence-corrected chi connectivity index (χ0v) is 11.5. The molecule has 1 aliphatic heterocycles. The van der Waals surface area contributed by atoms with Gasteiger partial charge in [0.1, 0.15) is 11.6 Å². The molecule has 0 spiro atoms. The van der Waals surface area contributed by atoms with Gasteiger partial charge in [-0.1, -0.05) is 12.1 Å². The quantitative estimate of drug-likeness (QED) is 0.891. The van der Waals surface area contributed by atoms with E-state index in [1.165, 1.54) is 12.5 Å². The highest BCUT2D eigenvalue weighted by molar-refractivity contribution is 5.60. The Bertz CT molecular complexity index is 594. The Morgan fingerprint density at radius 2 is 2.29 bits per heavy atom. The van der Waals surface area contributed by atoms with Crippen LogP contribution in [0.25, 0.3) is 11.3 Å². The zero-order valence-electron chi connectivity index (χ0n) is 11.5. The number of nitrogens with zero attached hydrogens (tertiary/aromatic N) is 1. The molecule has 0 saturated carbocycles. The van der Waals surface area contributed by atoms with Crippen LogP contribution in [0, 0.1) is 0 Å². The number of imidazole rings is 1. The number of H-pyrrole nitrogens is 1. The molecule has 6 heteroatoms. The molecule has 2 N–H and O–H groups in total. The first-order valence-electron chi connectivity index (χ1n) is 7.03. The first kappa shape index (κ1) is 14.0. The van der Waals surface area contributed by atoms with Crippen molar-refractivity contribution in [1.29, 1.82) is 0 Å². The Kier molecular flexibility index (Phi) is 4.15. The summed E-state index contributed by atoms with van der Waals surface area (Å²) in [6, 6.07) is 7.08. The highest BCUT2D eigenvalue weighted by atomic mass is 19.3. The number of aromatic nitrogens is 2. The highest BCUT2D eigenvalue weighted by Gasteiger charge is 2.16. The van der Waals surface area contributed by atoms with Gasteiger partial charge in [-0.3, -0.25) is 0 Å². The van der Waals surface area contributed by atoms with Crippen LogP contribution in [-0.2, 0) is 6.42 Å². The summed E-state index contributed by atoms with van der Waals surface area (Å²) in [5.74, 6) is 1.06. The Morgan fingerprint density at radius 3 is 3.05 bits per heavy atom. The molecule has 0 aliphatic carbocycles. The van der Waals surface area contributed by atoms with E-state index in [1.807, 2.05) is 6.07 Å². The van der Waals surface area contributed by atoms with E-state index in [4.69, 9.17) is 0 Å². The summed E-state index contributed by atoms with van der Waals surface area (Å²) in [5.41, 5.74) is 1.59. The molecule has 1 aromatic heterocycles. The Hall–Kier alpha value is -1.95. The smallest absolute Gasteiger partial charge is 0.387 e. The fraction of sp³-hybridized carbons (Fsp3) is 0.400. The fourth-order valence-corrected chi connectivity index (χ4v) is 2.62. The predicted molar refractivity (Wildman–Crippen MR) is 75.4 cm³/mol. The lowest BCUT2D eigenvalue weighted by atomic mass is 10.1. The molecular formula is C15H17F2N3O. The number of aromatic amines is 1. The van der Waals surface area contributed by atoms with Gasteiger partial charge >= 0.3 is 6.61 Å². The summed E-state index contributed by atoms with van der Waals surface area (Å²) in [4.78, 5) is 7.60. The van der Waals surface area contributed by atoms with Crippen molar-refractivity contribution in [2.24, 2.45) is 0 Å². The van der Waals surface area contributed by atoms with Crippen molar-refractivity contribution >= 4 is 0 Å². The largest absolute Gasteiger partial charge is 0.435 e. The summed E-state index contributed by atoms with van der Waals surface area (Å²) in [5, 5.41) is 3.42. The summed E-state index contributed by atoms with van der Waals surface area (Å²) in [6.07, 6.45) is 4.94. The van der Waals surface area contributed by atoms with Crippen molar-refractivity contribution in [3.05, 3.63) is 36.3 Å². The third-order valence-corrected chi connectivity index (χ3v) is 3.60. The monoisotopic (exact) mass is 293 g/mol. The van der Waals surface area contributed by atoms with Crippen molar-refractivity contribution in [3.8, 4) is 17.0 Å². The lowest BCUT2D eigenvalue weighted by molar-refractivity contribution is -0.0498. The van der Waals surface area contributed by atoms with Gasteiger partial charge in [-0.25, -0.2) is 4.98 Å². The summed E-state index contributed by atoms with van der Waals surface area (Å²) in [6.45, 7) is -1.75. The van der Waals surface area contributed by atoms with E-state index in [1.54, 1.807) is 18.3 Å². The van der Waals surface area contributed by atoms with Gasteiger partial charge in [0.25, 0.3) is 0 Å².